The summed E-state index contributed by atoms with van der Waals surface area (Å²) < 4.78 is 2.00. The number of halogens is 3. The molecule has 0 aliphatic carbocycles. The summed E-state index contributed by atoms with van der Waals surface area (Å²) in [5.74, 6) is 0.760. The first-order chi connectivity index (χ1) is 14.0. The molecule has 0 spiro atoms. The maximum absolute atomic E-state index is 6.49. The van der Waals surface area contributed by atoms with E-state index < -0.39 is 0 Å². The zero-order valence-corrected chi connectivity index (χ0v) is 18.3. The number of benzene rings is 1. The van der Waals surface area contributed by atoms with Crippen LogP contribution in [0.3, 0.4) is 0 Å². The summed E-state index contributed by atoms with van der Waals surface area (Å²) >= 11 is 18.7. The van der Waals surface area contributed by atoms with Gasteiger partial charge in [-0.3, -0.25) is 9.58 Å². The molecule has 1 fully saturated rings. The molecule has 152 valence electrons. The Morgan fingerprint density at radius 2 is 1.90 bits per heavy atom. The molecule has 3 heterocycles. The predicted molar refractivity (Wildman–Crippen MR) is 119 cm³/mol. The fourth-order valence-corrected chi connectivity index (χ4v) is 4.46. The number of aromatic nitrogens is 3. The summed E-state index contributed by atoms with van der Waals surface area (Å²) in [6.07, 6.45) is 5.47. The van der Waals surface area contributed by atoms with Gasteiger partial charge in [-0.05, 0) is 36.8 Å². The SMILES string of the molecule is CC(CN1CCN(c2ncc(Cl)cc2Cl)[C@H](c2ccc(Cl)cc2)C1)n1cccn1. The topological polar surface area (TPSA) is 37.2 Å². The summed E-state index contributed by atoms with van der Waals surface area (Å²) in [5, 5.41) is 6.20. The van der Waals surface area contributed by atoms with Gasteiger partial charge in [0, 0.05) is 49.8 Å². The smallest absolute Gasteiger partial charge is 0.148 e. The molecule has 1 unspecified atom stereocenters. The molecule has 0 N–H and O–H groups in total. The van der Waals surface area contributed by atoms with Crippen molar-refractivity contribution in [1.29, 1.82) is 0 Å². The molecule has 0 bridgehead atoms. The van der Waals surface area contributed by atoms with Crippen molar-refractivity contribution in [3.8, 4) is 0 Å². The molecule has 0 saturated carbocycles. The van der Waals surface area contributed by atoms with E-state index in [4.69, 9.17) is 34.8 Å². The van der Waals surface area contributed by atoms with E-state index in [1.165, 1.54) is 5.56 Å². The van der Waals surface area contributed by atoms with Crippen LogP contribution in [0.15, 0.2) is 55.0 Å². The fraction of sp³-hybridized carbons (Fsp3) is 0.333. The van der Waals surface area contributed by atoms with Gasteiger partial charge in [-0.25, -0.2) is 4.98 Å². The Kier molecular flexibility index (Phi) is 6.30. The summed E-state index contributed by atoms with van der Waals surface area (Å²) in [7, 11) is 0. The van der Waals surface area contributed by atoms with Gasteiger partial charge in [0.2, 0.25) is 0 Å². The molecule has 5 nitrogen and oxygen atoms in total. The Morgan fingerprint density at radius 1 is 1.10 bits per heavy atom. The molecule has 4 rings (SSSR count). The van der Waals surface area contributed by atoms with Crippen molar-refractivity contribution in [2.24, 2.45) is 0 Å². The Balaban J connectivity index is 1.60. The average Bonchev–Trinajstić information content (AvgIpc) is 3.24. The summed E-state index contributed by atoms with van der Waals surface area (Å²) in [5.41, 5.74) is 1.18. The zero-order chi connectivity index (χ0) is 20.4. The Hall–Kier alpha value is -1.79. The van der Waals surface area contributed by atoms with Crippen molar-refractivity contribution in [1.82, 2.24) is 19.7 Å². The van der Waals surface area contributed by atoms with Gasteiger partial charge in [0.05, 0.1) is 22.1 Å². The molecular formula is C21H22Cl3N5. The summed E-state index contributed by atoms with van der Waals surface area (Å²) in [6, 6.07) is 12.1. The molecule has 1 saturated heterocycles. The third-order valence-corrected chi connectivity index (χ3v) is 6.02. The lowest BCUT2D eigenvalue weighted by atomic mass is 10.0. The number of anilines is 1. The summed E-state index contributed by atoms with van der Waals surface area (Å²) in [4.78, 5) is 9.25. The zero-order valence-electron chi connectivity index (χ0n) is 16.0. The second-order valence-electron chi connectivity index (χ2n) is 7.31. The normalized spacial score (nSPS) is 18.8. The van der Waals surface area contributed by atoms with E-state index in [0.717, 1.165) is 37.0 Å². The van der Waals surface area contributed by atoms with Crippen LogP contribution >= 0.6 is 34.8 Å². The minimum Gasteiger partial charge on any atom is -0.346 e. The minimum atomic E-state index is 0.108. The van der Waals surface area contributed by atoms with Crippen molar-refractivity contribution in [3.63, 3.8) is 0 Å². The fourth-order valence-electron chi connectivity index (χ4n) is 3.85. The molecular weight excluding hydrogens is 429 g/mol. The van der Waals surface area contributed by atoms with E-state index in [0.29, 0.717) is 16.1 Å². The van der Waals surface area contributed by atoms with Crippen LogP contribution in [0.2, 0.25) is 15.1 Å². The highest BCUT2D eigenvalue weighted by Gasteiger charge is 2.31. The Morgan fingerprint density at radius 3 is 2.59 bits per heavy atom. The number of pyridine rings is 1. The number of rotatable bonds is 5. The molecule has 1 aromatic carbocycles. The van der Waals surface area contributed by atoms with Crippen molar-refractivity contribution in [3.05, 3.63) is 75.6 Å². The number of hydrogen-bond acceptors (Lipinski definition) is 4. The van der Waals surface area contributed by atoms with Crippen LogP contribution in [0.25, 0.3) is 0 Å². The van der Waals surface area contributed by atoms with Crippen LogP contribution < -0.4 is 4.90 Å². The van der Waals surface area contributed by atoms with Crippen LogP contribution in [0, 0.1) is 0 Å². The van der Waals surface area contributed by atoms with Crippen molar-refractivity contribution < 1.29 is 0 Å². The summed E-state index contributed by atoms with van der Waals surface area (Å²) in [6.45, 7) is 5.69. The van der Waals surface area contributed by atoms with Crippen LogP contribution in [0.1, 0.15) is 24.6 Å². The van der Waals surface area contributed by atoms with Crippen molar-refractivity contribution in [2.75, 3.05) is 31.1 Å². The molecule has 1 aliphatic heterocycles. The van der Waals surface area contributed by atoms with Gasteiger partial charge in [0.1, 0.15) is 5.82 Å². The van der Waals surface area contributed by atoms with E-state index >= 15 is 0 Å². The maximum atomic E-state index is 6.49. The molecule has 0 amide bonds. The lowest BCUT2D eigenvalue weighted by molar-refractivity contribution is 0.193. The van der Waals surface area contributed by atoms with Gasteiger partial charge < -0.3 is 4.90 Å². The second-order valence-corrected chi connectivity index (χ2v) is 8.59. The van der Waals surface area contributed by atoms with Gasteiger partial charge >= 0.3 is 0 Å². The number of nitrogens with zero attached hydrogens (tertiary/aromatic N) is 5. The van der Waals surface area contributed by atoms with Crippen LogP contribution in [-0.2, 0) is 0 Å². The maximum Gasteiger partial charge on any atom is 0.148 e. The monoisotopic (exact) mass is 449 g/mol. The van der Waals surface area contributed by atoms with E-state index in [1.807, 2.05) is 35.3 Å². The minimum absolute atomic E-state index is 0.108. The van der Waals surface area contributed by atoms with E-state index in [1.54, 1.807) is 12.3 Å². The predicted octanol–water partition coefficient (Wildman–Crippen LogP) is 5.36. The third kappa shape index (κ3) is 4.69. The first-order valence-corrected chi connectivity index (χ1v) is 10.7. The van der Waals surface area contributed by atoms with Crippen molar-refractivity contribution >= 4 is 40.6 Å². The van der Waals surface area contributed by atoms with Crippen LogP contribution in [0.5, 0.6) is 0 Å². The van der Waals surface area contributed by atoms with Crippen LogP contribution in [-0.4, -0.2) is 45.8 Å². The van der Waals surface area contributed by atoms with Crippen LogP contribution in [0.4, 0.5) is 5.82 Å². The molecule has 1 aliphatic rings. The average molecular weight is 451 g/mol. The van der Waals surface area contributed by atoms with E-state index in [9.17, 15) is 0 Å². The Labute approximate surface area is 185 Å². The molecule has 0 radical (unpaired) electrons. The van der Waals surface area contributed by atoms with E-state index in [2.05, 4.69) is 38.9 Å². The largest absolute Gasteiger partial charge is 0.346 e. The quantitative estimate of drug-likeness (QED) is 0.524. The second kappa shape index (κ2) is 8.92. The van der Waals surface area contributed by atoms with E-state index in [-0.39, 0.29) is 6.04 Å². The van der Waals surface area contributed by atoms with Gasteiger partial charge in [-0.2, -0.15) is 5.10 Å². The van der Waals surface area contributed by atoms with Gasteiger partial charge in [0.25, 0.3) is 0 Å². The van der Waals surface area contributed by atoms with Crippen molar-refractivity contribution in [2.45, 2.75) is 19.0 Å². The first kappa shape index (κ1) is 20.5. The molecule has 2 atom stereocenters. The lowest BCUT2D eigenvalue weighted by Gasteiger charge is -2.43. The first-order valence-electron chi connectivity index (χ1n) is 9.56. The number of piperazine rings is 1. The highest BCUT2D eigenvalue weighted by atomic mass is 35.5. The number of hydrogen-bond donors (Lipinski definition) is 0. The molecule has 29 heavy (non-hydrogen) atoms. The molecule has 8 heteroatoms. The van der Waals surface area contributed by atoms with Gasteiger partial charge in [-0.15, -0.1) is 0 Å². The van der Waals surface area contributed by atoms with Gasteiger partial charge in [-0.1, -0.05) is 46.9 Å². The molecule has 3 aromatic rings. The highest BCUT2D eigenvalue weighted by molar-refractivity contribution is 6.36. The van der Waals surface area contributed by atoms with Gasteiger partial charge in [0.15, 0.2) is 0 Å². The third-order valence-electron chi connectivity index (χ3n) is 5.28. The standard InChI is InChI=1S/C21H22Cl3N5/c1-15(29-8-2-7-26-29)13-27-9-10-28(21-19(24)11-18(23)12-25-21)20(14-27)16-3-5-17(22)6-4-16/h2-8,11-12,15,20H,9-10,13-14H2,1H3/t15?,20-/m0/s1. The highest BCUT2D eigenvalue weighted by Crippen LogP contribution is 2.35. The molecule has 2 aromatic heterocycles. The lowest BCUT2D eigenvalue weighted by Crippen LogP contribution is -2.50. The Bertz CT molecular complexity index is 945.